The zero-order valence-corrected chi connectivity index (χ0v) is 12.6. The average Bonchev–Trinajstić information content (AvgIpc) is 2.57. The molecular weight excluding hydrogens is 275 g/mol. The number of ether oxygens (including phenoxy) is 2. The highest BCUT2D eigenvalue weighted by Crippen LogP contribution is 2.21. The van der Waals surface area contributed by atoms with Gasteiger partial charge in [-0.2, -0.15) is 0 Å². The average molecular weight is 294 g/mol. The van der Waals surface area contributed by atoms with Crippen molar-refractivity contribution < 1.29 is 9.47 Å². The summed E-state index contributed by atoms with van der Waals surface area (Å²) in [6, 6.07) is 11.8. The minimum absolute atomic E-state index is 0.534. The molecule has 0 N–H and O–H groups in total. The third kappa shape index (κ3) is 4.09. The maximum Gasteiger partial charge on any atom is 0.141 e. The Morgan fingerprint density at radius 3 is 2.45 bits per heavy atom. The van der Waals surface area contributed by atoms with E-state index in [-0.39, 0.29) is 0 Å². The number of benzene rings is 1. The zero-order chi connectivity index (χ0) is 15.2. The maximum atomic E-state index is 5.80. The fourth-order valence-corrected chi connectivity index (χ4v) is 2.44. The van der Waals surface area contributed by atoms with Gasteiger partial charge in [0.15, 0.2) is 0 Å². The molecule has 0 atom stereocenters. The van der Waals surface area contributed by atoms with Crippen molar-refractivity contribution in [2.24, 2.45) is 0 Å². The molecule has 3 rings (SSSR count). The minimum atomic E-state index is 0.534. The van der Waals surface area contributed by atoms with E-state index in [1.54, 1.807) is 6.20 Å². The number of pyridine rings is 1. The van der Waals surface area contributed by atoms with Crippen LogP contribution >= 0.6 is 0 Å². The van der Waals surface area contributed by atoms with E-state index in [0.717, 1.165) is 49.7 Å². The van der Waals surface area contributed by atoms with Crippen LogP contribution < -0.4 is 10.3 Å². The van der Waals surface area contributed by atoms with Crippen molar-refractivity contribution in [1.29, 1.82) is 0 Å². The first kappa shape index (κ1) is 15.1. The van der Waals surface area contributed by atoms with Crippen LogP contribution in [0, 0.1) is 0 Å². The van der Waals surface area contributed by atoms with Crippen molar-refractivity contribution in [2.75, 3.05) is 39.5 Å². The third-order valence-electron chi connectivity index (χ3n) is 3.75. The predicted octanol–water partition coefficient (Wildman–Crippen LogP) is 1.25. The van der Waals surface area contributed by atoms with Crippen molar-refractivity contribution in [2.45, 2.75) is 0 Å². The molecule has 2 radical (unpaired) electrons. The molecule has 1 aliphatic rings. The van der Waals surface area contributed by atoms with Crippen LogP contribution in [0.5, 0.6) is 5.75 Å². The van der Waals surface area contributed by atoms with Crippen LogP contribution in [-0.4, -0.2) is 57.2 Å². The molecule has 0 saturated carbocycles. The molecule has 0 aliphatic carbocycles. The molecule has 1 fully saturated rings. The van der Waals surface area contributed by atoms with E-state index in [4.69, 9.17) is 17.3 Å². The summed E-state index contributed by atoms with van der Waals surface area (Å²) in [4.78, 5) is 6.47. The van der Waals surface area contributed by atoms with Gasteiger partial charge in [-0.3, -0.25) is 9.88 Å². The Morgan fingerprint density at radius 2 is 1.77 bits per heavy atom. The number of rotatable bonds is 5. The van der Waals surface area contributed by atoms with Crippen LogP contribution in [0.1, 0.15) is 0 Å². The first-order valence-electron chi connectivity index (χ1n) is 7.56. The largest absolute Gasteiger partial charge is 0.492 e. The highest BCUT2D eigenvalue weighted by atomic mass is 16.5. The number of hydrogen-bond acceptors (Lipinski definition) is 4. The summed E-state index contributed by atoms with van der Waals surface area (Å²) in [7, 11) is 5.60. The van der Waals surface area contributed by atoms with Crippen LogP contribution in [0.4, 0.5) is 0 Å². The molecule has 0 amide bonds. The highest BCUT2D eigenvalue weighted by molar-refractivity contribution is 6.30. The first-order chi connectivity index (χ1) is 10.8. The molecular formula is C17H19BN2O2. The van der Waals surface area contributed by atoms with Crippen molar-refractivity contribution in [3.8, 4) is 16.9 Å². The minimum Gasteiger partial charge on any atom is -0.492 e. The highest BCUT2D eigenvalue weighted by Gasteiger charge is 2.09. The topological polar surface area (TPSA) is 34.6 Å². The van der Waals surface area contributed by atoms with Gasteiger partial charge in [0.1, 0.15) is 20.2 Å². The van der Waals surface area contributed by atoms with Crippen molar-refractivity contribution >= 4 is 13.4 Å². The summed E-state index contributed by atoms with van der Waals surface area (Å²) in [6.07, 6.45) is 1.78. The molecule has 2 heterocycles. The van der Waals surface area contributed by atoms with Crippen molar-refractivity contribution in [1.82, 2.24) is 9.88 Å². The van der Waals surface area contributed by atoms with Gasteiger partial charge in [0.2, 0.25) is 0 Å². The Balaban J connectivity index is 1.51. The molecule has 5 heteroatoms. The number of nitrogens with zero attached hydrogens (tertiary/aromatic N) is 2. The summed E-state index contributed by atoms with van der Waals surface area (Å²) in [5.41, 5.74) is 2.69. The van der Waals surface area contributed by atoms with E-state index in [1.807, 2.05) is 36.4 Å². The lowest BCUT2D eigenvalue weighted by molar-refractivity contribution is 0.0322. The molecule has 4 nitrogen and oxygen atoms in total. The Labute approximate surface area is 132 Å². The van der Waals surface area contributed by atoms with Gasteiger partial charge in [-0.05, 0) is 28.9 Å². The lowest BCUT2D eigenvalue weighted by Gasteiger charge is -2.26. The molecule has 22 heavy (non-hydrogen) atoms. The first-order valence-corrected chi connectivity index (χ1v) is 7.56. The lowest BCUT2D eigenvalue weighted by Crippen LogP contribution is -2.38. The monoisotopic (exact) mass is 294 g/mol. The normalized spacial score (nSPS) is 15.6. The molecule has 2 aromatic rings. The summed E-state index contributed by atoms with van der Waals surface area (Å²) >= 11 is 0. The molecule has 112 valence electrons. The maximum absolute atomic E-state index is 5.80. The second-order valence-corrected chi connectivity index (χ2v) is 5.30. The van der Waals surface area contributed by atoms with Gasteiger partial charge in [-0.25, -0.2) is 0 Å². The van der Waals surface area contributed by atoms with Crippen LogP contribution in [0.3, 0.4) is 0 Å². The van der Waals surface area contributed by atoms with Gasteiger partial charge in [0.25, 0.3) is 0 Å². The summed E-state index contributed by atoms with van der Waals surface area (Å²) in [6.45, 7) is 5.27. The number of hydrogen-bond donors (Lipinski definition) is 0. The van der Waals surface area contributed by atoms with E-state index in [2.05, 4.69) is 9.88 Å². The molecule has 0 unspecified atom stereocenters. The molecule has 1 aromatic heterocycles. The van der Waals surface area contributed by atoms with Crippen molar-refractivity contribution in [3.05, 3.63) is 42.6 Å². The van der Waals surface area contributed by atoms with E-state index in [1.165, 1.54) is 0 Å². The van der Waals surface area contributed by atoms with E-state index < -0.39 is 0 Å². The lowest BCUT2D eigenvalue weighted by atomic mass is 10.0. The second kappa shape index (κ2) is 7.43. The Hall–Kier alpha value is -1.85. The Kier molecular flexibility index (Phi) is 5.09. The van der Waals surface area contributed by atoms with Gasteiger partial charge in [0.05, 0.1) is 13.2 Å². The van der Waals surface area contributed by atoms with E-state index in [9.17, 15) is 0 Å². The Morgan fingerprint density at radius 1 is 1.05 bits per heavy atom. The number of aromatic nitrogens is 1. The quantitative estimate of drug-likeness (QED) is 0.778. The van der Waals surface area contributed by atoms with Gasteiger partial charge < -0.3 is 9.47 Å². The summed E-state index contributed by atoms with van der Waals surface area (Å²) in [5.74, 6) is 0.889. The van der Waals surface area contributed by atoms with Crippen LogP contribution in [0.25, 0.3) is 11.1 Å². The molecule has 1 aromatic carbocycles. The smallest absolute Gasteiger partial charge is 0.141 e. The standard InChI is InChI=1S/C17H19BN2O2/c18-17-6-3-15(13-19-17)14-1-4-16(5-2-14)22-12-9-20-7-10-21-11-8-20/h1-6,13H,7-12H2. The molecule has 1 saturated heterocycles. The van der Waals surface area contributed by atoms with Gasteiger partial charge in [-0.1, -0.05) is 24.3 Å². The SMILES string of the molecule is [B]c1ccc(-c2ccc(OCCN3CCOCC3)cc2)cn1. The Bertz CT molecular complexity index is 581. The van der Waals surface area contributed by atoms with Gasteiger partial charge >= 0.3 is 0 Å². The zero-order valence-electron chi connectivity index (χ0n) is 12.6. The second-order valence-electron chi connectivity index (χ2n) is 5.30. The molecule has 1 aliphatic heterocycles. The molecule has 0 spiro atoms. The number of morpholine rings is 1. The van der Waals surface area contributed by atoms with Crippen LogP contribution in [-0.2, 0) is 4.74 Å². The van der Waals surface area contributed by atoms with Gasteiger partial charge in [-0.15, -0.1) is 0 Å². The fourth-order valence-electron chi connectivity index (χ4n) is 2.44. The van der Waals surface area contributed by atoms with Crippen LogP contribution in [0.15, 0.2) is 42.6 Å². The summed E-state index contributed by atoms with van der Waals surface area (Å²) in [5, 5.41) is 0. The predicted molar refractivity (Wildman–Crippen MR) is 87.8 cm³/mol. The third-order valence-corrected chi connectivity index (χ3v) is 3.75. The summed E-state index contributed by atoms with van der Waals surface area (Å²) < 4.78 is 11.1. The van der Waals surface area contributed by atoms with Crippen molar-refractivity contribution in [3.63, 3.8) is 0 Å². The molecule has 0 bridgehead atoms. The van der Waals surface area contributed by atoms with E-state index >= 15 is 0 Å². The van der Waals surface area contributed by atoms with Gasteiger partial charge in [0, 0.05) is 25.8 Å². The fraction of sp³-hybridized carbons (Fsp3) is 0.353. The van der Waals surface area contributed by atoms with E-state index in [0.29, 0.717) is 12.2 Å². The van der Waals surface area contributed by atoms with Crippen LogP contribution in [0.2, 0.25) is 0 Å².